The highest BCUT2D eigenvalue weighted by Crippen LogP contribution is 2.25. The van der Waals surface area contributed by atoms with Crippen molar-refractivity contribution in [1.29, 1.82) is 0 Å². The summed E-state index contributed by atoms with van der Waals surface area (Å²) in [6.45, 7) is 10.9. The molecule has 0 fully saturated rings. The first-order valence-electron chi connectivity index (χ1n) is 6.99. The van der Waals surface area contributed by atoms with Crippen molar-refractivity contribution in [1.82, 2.24) is 5.32 Å². The molecule has 2 N–H and O–H groups in total. The topological polar surface area (TPSA) is 32.3 Å². The Kier molecular flexibility index (Phi) is 5.67. The van der Waals surface area contributed by atoms with Crippen LogP contribution in [0, 0.1) is 12.8 Å². The van der Waals surface area contributed by atoms with Crippen molar-refractivity contribution in [2.75, 3.05) is 0 Å². The molecule has 0 aliphatic carbocycles. The second-order valence-electron chi connectivity index (χ2n) is 5.60. The number of aryl methyl sites for hydroxylation is 1. The molecule has 2 nitrogen and oxygen atoms in total. The van der Waals surface area contributed by atoms with Gasteiger partial charge in [-0.2, -0.15) is 0 Å². The number of phenolic OH excluding ortho intramolecular Hbond substituents is 1. The molecule has 0 spiro atoms. The number of nitrogens with one attached hydrogen (secondary N) is 1. The molecule has 0 heterocycles. The van der Waals surface area contributed by atoms with Crippen molar-refractivity contribution >= 4 is 0 Å². The predicted octanol–water partition coefficient (Wildman–Crippen LogP) is 4.18. The van der Waals surface area contributed by atoms with Gasteiger partial charge in [0.25, 0.3) is 0 Å². The molecule has 0 amide bonds. The van der Waals surface area contributed by atoms with Crippen molar-refractivity contribution in [3.8, 4) is 5.75 Å². The van der Waals surface area contributed by atoms with Gasteiger partial charge in [0, 0.05) is 17.6 Å². The summed E-state index contributed by atoms with van der Waals surface area (Å²) in [7, 11) is 0. The van der Waals surface area contributed by atoms with Crippen molar-refractivity contribution in [2.24, 2.45) is 5.92 Å². The largest absolute Gasteiger partial charge is 0.508 e. The number of hydrogen-bond donors (Lipinski definition) is 2. The molecule has 0 aliphatic rings. The van der Waals surface area contributed by atoms with Crippen molar-refractivity contribution in [2.45, 2.75) is 59.5 Å². The fraction of sp³-hybridized carbons (Fsp3) is 0.625. The minimum atomic E-state index is 0.184. The van der Waals surface area contributed by atoms with Crippen LogP contribution in [0.5, 0.6) is 5.75 Å². The molecule has 3 atom stereocenters. The van der Waals surface area contributed by atoms with Crippen LogP contribution in [-0.4, -0.2) is 11.1 Å². The summed E-state index contributed by atoms with van der Waals surface area (Å²) < 4.78 is 0. The molecule has 0 saturated heterocycles. The fourth-order valence-corrected chi connectivity index (χ4v) is 2.38. The van der Waals surface area contributed by atoms with Crippen molar-refractivity contribution < 1.29 is 5.11 Å². The maximum absolute atomic E-state index is 9.91. The second kappa shape index (κ2) is 6.79. The summed E-state index contributed by atoms with van der Waals surface area (Å²) in [6, 6.07) is 6.43. The quantitative estimate of drug-likeness (QED) is 0.793. The summed E-state index contributed by atoms with van der Waals surface area (Å²) in [6.07, 6.45) is 2.39. The average molecular weight is 249 g/mol. The lowest BCUT2D eigenvalue weighted by atomic mass is 9.98. The Hall–Kier alpha value is -1.02. The molecule has 0 saturated carbocycles. The van der Waals surface area contributed by atoms with Crippen molar-refractivity contribution in [3.63, 3.8) is 0 Å². The zero-order valence-electron chi connectivity index (χ0n) is 12.3. The molecule has 2 heteroatoms. The molecular weight excluding hydrogens is 222 g/mol. The van der Waals surface area contributed by atoms with E-state index >= 15 is 0 Å². The Balaban J connectivity index is 2.64. The fourth-order valence-electron chi connectivity index (χ4n) is 2.38. The van der Waals surface area contributed by atoms with Crippen LogP contribution in [0.15, 0.2) is 18.2 Å². The van der Waals surface area contributed by atoms with E-state index in [2.05, 4.69) is 46.0 Å². The molecule has 102 valence electrons. The predicted molar refractivity (Wildman–Crippen MR) is 77.9 cm³/mol. The van der Waals surface area contributed by atoms with E-state index in [1.807, 2.05) is 6.07 Å². The van der Waals surface area contributed by atoms with Crippen LogP contribution in [0.4, 0.5) is 0 Å². The van der Waals surface area contributed by atoms with Gasteiger partial charge >= 0.3 is 0 Å². The first-order chi connectivity index (χ1) is 8.43. The third-order valence-corrected chi connectivity index (χ3v) is 3.64. The van der Waals surface area contributed by atoms with Crippen LogP contribution in [-0.2, 0) is 0 Å². The average Bonchev–Trinajstić information content (AvgIpc) is 2.31. The van der Waals surface area contributed by atoms with Crippen LogP contribution in [0.1, 0.15) is 57.7 Å². The second-order valence-corrected chi connectivity index (χ2v) is 5.60. The Labute approximate surface area is 111 Å². The molecule has 3 unspecified atom stereocenters. The van der Waals surface area contributed by atoms with Gasteiger partial charge in [0.15, 0.2) is 0 Å². The van der Waals surface area contributed by atoms with E-state index in [4.69, 9.17) is 0 Å². The molecular formula is C16H27NO. The van der Waals surface area contributed by atoms with E-state index in [0.717, 1.165) is 11.5 Å². The minimum absolute atomic E-state index is 0.184. The summed E-state index contributed by atoms with van der Waals surface area (Å²) in [5, 5.41) is 13.5. The molecule has 0 radical (unpaired) electrons. The normalized spacial score (nSPS) is 16.3. The third-order valence-electron chi connectivity index (χ3n) is 3.64. The summed E-state index contributed by atoms with van der Waals surface area (Å²) in [5.41, 5.74) is 2.18. The number of rotatable bonds is 6. The lowest BCUT2D eigenvalue weighted by Crippen LogP contribution is -2.30. The van der Waals surface area contributed by atoms with E-state index in [0.29, 0.717) is 11.8 Å². The molecule has 0 aromatic heterocycles. The van der Waals surface area contributed by atoms with Gasteiger partial charge in [-0.1, -0.05) is 38.0 Å². The van der Waals surface area contributed by atoms with E-state index in [-0.39, 0.29) is 6.04 Å². The Morgan fingerprint density at radius 2 is 1.89 bits per heavy atom. The van der Waals surface area contributed by atoms with E-state index in [9.17, 15) is 5.11 Å². The number of aromatic hydroxyl groups is 1. The van der Waals surface area contributed by atoms with Crippen LogP contribution in [0.2, 0.25) is 0 Å². The minimum Gasteiger partial charge on any atom is -0.508 e. The molecule has 18 heavy (non-hydrogen) atoms. The van der Waals surface area contributed by atoms with Crippen LogP contribution in [0.25, 0.3) is 0 Å². The highest BCUT2D eigenvalue weighted by atomic mass is 16.3. The van der Waals surface area contributed by atoms with E-state index in [1.54, 1.807) is 6.07 Å². The van der Waals surface area contributed by atoms with Gasteiger partial charge < -0.3 is 10.4 Å². The van der Waals surface area contributed by atoms with E-state index in [1.165, 1.54) is 18.4 Å². The summed E-state index contributed by atoms with van der Waals surface area (Å²) >= 11 is 0. The highest BCUT2D eigenvalue weighted by molar-refractivity contribution is 5.37. The highest BCUT2D eigenvalue weighted by Gasteiger charge is 2.14. The zero-order valence-corrected chi connectivity index (χ0v) is 12.3. The van der Waals surface area contributed by atoms with Gasteiger partial charge in [0.1, 0.15) is 5.75 Å². The molecule has 1 aromatic carbocycles. The van der Waals surface area contributed by atoms with Gasteiger partial charge in [0.05, 0.1) is 0 Å². The third kappa shape index (κ3) is 4.34. The Morgan fingerprint density at radius 3 is 2.50 bits per heavy atom. The Bertz CT molecular complexity index is 375. The van der Waals surface area contributed by atoms with Gasteiger partial charge in [-0.15, -0.1) is 0 Å². The van der Waals surface area contributed by atoms with Crippen LogP contribution >= 0.6 is 0 Å². The van der Waals surface area contributed by atoms with Crippen molar-refractivity contribution in [3.05, 3.63) is 29.3 Å². The molecule has 1 aromatic rings. The number of phenols is 1. The SMILES string of the molecule is CCC(C)CC(C)NC(C)c1cc(C)ccc1O. The van der Waals surface area contributed by atoms with Crippen LogP contribution < -0.4 is 5.32 Å². The lowest BCUT2D eigenvalue weighted by molar-refractivity contribution is 0.378. The Morgan fingerprint density at radius 1 is 1.22 bits per heavy atom. The molecule has 0 bridgehead atoms. The smallest absolute Gasteiger partial charge is 0.120 e. The molecule has 0 aliphatic heterocycles. The number of hydrogen-bond acceptors (Lipinski definition) is 2. The standard InChI is InChI=1S/C16H27NO/c1-6-11(2)9-13(4)17-14(5)15-10-12(3)7-8-16(15)18/h7-8,10-11,13-14,17-18H,6,9H2,1-5H3. The van der Waals surface area contributed by atoms with Gasteiger partial charge in [-0.3, -0.25) is 0 Å². The van der Waals surface area contributed by atoms with E-state index < -0.39 is 0 Å². The maximum atomic E-state index is 9.91. The first kappa shape index (κ1) is 15.0. The van der Waals surface area contributed by atoms with Gasteiger partial charge in [-0.25, -0.2) is 0 Å². The summed E-state index contributed by atoms with van der Waals surface area (Å²) in [4.78, 5) is 0. The van der Waals surface area contributed by atoms with Gasteiger partial charge in [-0.05, 0) is 39.2 Å². The summed E-state index contributed by atoms with van der Waals surface area (Å²) in [5.74, 6) is 1.13. The zero-order chi connectivity index (χ0) is 13.7. The van der Waals surface area contributed by atoms with Crippen LogP contribution in [0.3, 0.4) is 0 Å². The lowest BCUT2D eigenvalue weighted by Gasteiger charge is -2.23. The first-order valence-corrected chi connectivity index (χ1v) is 6.99. The van der Waals surface area contributed by atoms with Gasteiger partial charge in [0.2, 0.25) is 0 Å². The molecule has 1 rings (SSSR count). The maximum Gasteiger partial charge on any atom is 0.120 e. The number of benzene rings is 1. The monoisotopic (exact) mass is 249 g/mol.